The van der Waals surface area contributed by atoms with Crippen molar-refractivity contribution in [2.24, 2.45) is 0 Å². The van der Waals surface area contributed by atoms with E-state index in [-0.39, 0.29) is 11.4 Å². The van der Waals surface area contributed by atoms with Crippen LogP contribution in [-0.4, -0.2) is 16.6 Å². The van der Waals surface area contributed by atoms with Gasteiger partial charge in [0.15, 0.2) is 0 Å². The van der Waals surface area contributed by atoms with Crippen LogP contribution in [0.2, 0.25) is 0 Å². The summed E-state index contributed by atoms with van der Waals surface area (Å²) in [6, 6.07) is 7.69. The molecule has 5 heteroatoms. The van der Waals surface area contributed by atoms with Crippen molar-refractivity contribution in [3.8, 4) is 5.75 Å². The number of aryl methyl sites for hydroxylation is 1. The van der Waals surface area contributed by atoms with Crippen LogP contribution >= 0.6 is 11.3 Å². The first-order valence-electron chi connectivity index (χ1n) is 8.15. The second-order valence-corrected chi connectivity index (χ2v) is 7.14. The molecule has 1 saturated heterocycles. The Balaban J connectivity index is 1.74. The molecule has 1 aromatic carbocycles. The quantitative estimate of drug-likeness (QED) is 0.725. The molecule has 0 bridgehead atoms. The number of hydrogen-bond acceptors (Lipinski definition) is 5. The summed E-state index contributed by atoms with van der Waals surface area (Å²) in [6.45, 7) is 3.51. The van der Waals surface area contributed by atoms with E-state index in [1.54, 1.807) is 30.4 Å². The van der Waals surface area contributed by atoms with E-state index in [1.165, 1.54) is 12.0 Å². The summed E-state index contributed by atoms with van der Waals surface area (Å²) in [7, 11) is 0. The van der Waals surface area contributed by atoms with E-state index in [2.05, 4.69) is 21.7 Å². The number of rotatable bonds is 3. The van der Waals surface area contributed by atoms with Gasteiger partial charge in [-0.15, -0.1) is 0 Å². The Morgan fingerprint density at radius 1 is 1.38 bits per heavy atom. The highest BCUT2D eigenvalue weighted by atomic mass is 32.1. The SMILES string of the molecule is Cc1c(O)ccc2c(CN3CCCC3c3ccsc3)cc(=O)oc12. The number of nitrogens with zero attached hydrogens (tertiary/aromatic N) is 1. The van der Waals surface area contributed by atoms with E-state index in [1.807, 2.05) is 6.07 Å². The van der Waals surface area contributed by atoms with Gasteiger partial charge in [-0.1, -0.05) is 0 Å². The lowest BCUT2D eigenvalue weighted by Gasteiger charge is -2.24. The highest BCUT2D eigenvalue weighted by molar-refractivity contribution is 7.07. The maximum absolute atomic E-state index is 12.0. The van der Waals surface area contributed by atoms with Crippen LogP contribution < -0.4 is 5.63 Å². The molecule has 0 saturated carbocycles. The summed E-state index contributed by atoms with van der Waals surface area (Å²) < 4.78 is 5.35. The van der Waals surface area contributed by atoms with Crippen LogP contribution in [0.15, 0.2) is 44.2 Å². The average molecular weight is 341 g/mol. The van der Waals surface area contributed by atoms with Crippen LogP contribution in [0.4, 0.5) is 0 Å². The molecule has 1 aliphatic rings. The van der Waals surface area contributed by atoms with Crippen molar-refractivity contribution in [2.75, 3.05) is 6.54 Å². The molecule has 124 valence electrons. The van der Waals surface area contributed by atoms with E-state index in [4.69, 9.17) is 4.42 Å². The molecule has 3 heterocycles. The maximum Gasteiger partial charge on any atom is 0.336 e. The standard InChI is InChI=1S/C19H19NO3S/c1-12-17(21)5-4-15-14(9-18(22)23-19(12)15)10-20-7-2-3-16(20)13-6-8-24-11-13/h4-6,8-9,11,16,21H,2-3,7,10H2,1H3. The first kappa shape index (κ1) is 15.4. The first-order valence-corrected chi connectivity index (χ1v) is 9.09. The van der Waals surface area contributed by atoms with Gasteiger partial charge in [0, 0.05) is 29.6 Å². The number of phenols is 1. The van der Waals surface area contributed by atoms with Gasteiger partial charge < -0.3 is 9.52 Å². The Kier molecular flexibility index (Phi) is 3.90. The summed E-state index contributed by atoms with van der Waals surface area (Å²) in [5.41, 5.74) is 3.06. The number of hydrogen-bond donors (Lipinski definition) is 1. The monoisotopic (exact) mass is 341 g/mol. The molecular formula is C19H19NO3S. The first-order chi connectivity index (χ1) is 11.6. The molecule has 1 unspecified atom stereocenters. The molecular weight excluding hydrogens is 322 g/mol. The minimum atomic E-state index is -0.363. The minimum Gasteiger partial charge on any atom is -0.508 e. The zero-order valence-electron chi connectivity index (χ0n) is 13.5. The van der Waals surface area contributed by atoms with Crippen molar-refractivity contribution in [1.82, 2.24) is 4.90 Å². The fourth-order valence-electron chi connectivity index (χ4n) is 3.62. The van der Waals surface area contributed by atoms with Crippen LogP contribution in [0.1, 0.15) is 35.6 Å². The number of benzene rings is 1. The molecule has 1 aliphatic heterocycles. The second-order valence-electron chi connectivity index (χ2n) is 6.36. The smallest absolute Gasteiger partial charge is 0.336 e. The molecule has 1 N–H and O–H groups in total. The molecule has 1 fully saturated rings. The largest absolute Gasteiger partial charge is 0.508 e. The Morgan fingerprint density at radius 3 is 3.04 bits per heavy atom. The van der Waals surface area contributed by atoms with Crippen molar-refractivity contribution in [3.05, 3.63) is 62.1 Å². The molecule has 2 aromatic heterocycles. The summed E-state index contributed by atoms with van der Waals surface area (Å²) >= 11 is 1.72. The van der Waals surface area contributed by atoms with Gasteiger partial charge in [0.2, 0.25) is 0 Å². The number of likely N-dealkylation sites (tertiary alicyclic amines) is 1. The van der Waals surface area contributed by atoms with Crippen LogP contribution in [-0.2, 0) is 6.54 Å². The van der Waals surface area contributed by atoms with Gasteiger partial charge in [0.05, 0.1) is 0 Å². The number of phenolic OH excluding ortho intramolecular Hbond substituents is 1. The number of fused-ring (bicyclic) bond motifs is 1. The third-order valence-corrected chi connectivity index (χ3v) is 5.58. The zero-order valence-corrected chi connectivity index (χ0v) is 14.3. The van der Waals surface area contributed by atoms with Gasteiger partial charge in [-0.25, -0.2) is 4.79 Å². The van der Waals surface area contributed by atoms with Crippen LogP contribution in [0.25, 0.3) is 11.0 Å². The minimum absolute atomic E-state index is 0.153. The van der Waals surface area contributed by atoms with Crippen molar-refractivity contribution in [2.45, 2.75) is 32.4 Å². The highest BCUT2D eigenvalue weighted by Gasteiger charge is 2.27. The number of thiophene rings is 1. The van der Waals surface area contributed by atoms with Gasteiger partial charge in [-0.05, 0) is 66.4 Å². The number of aromatic hydroxyl groups is 1. The zero-order chi connectivity index (χ0) is 16.7. The van der Waals surface area contributed by atoms with Gasteiger partial charge >= 0.3 is 5.63 Å². The third kappa shape index (κ3) is 2.64. The second kappa shape index (κ2) is 6.07. The summed E-state index contributed by atoms with van der Waals surface area (Å²) in [4.78, 5) is 14.4. The topological polar surface area (TPSA) is 53.7 Å². The molecule has 0 amide bonds. The Labute approximate surface area is 144 Å². The third-order valence-electron chi connectivity index (χ3n) is 4.88. The van der Waals surface area contributed by atoms with Crippen molar-refractivity contribution in [3.63, 3.8) is 0 Å². The fourth-order valence-corrected chi connectivity index (χ4v) is 4.33. The highest BCUT2D eigenvalue weighted by Crippen LogP contribution is 2.35. The molecule has 24 heavy (non-hydrogen) atoms. The molecule has 0 spiro atoms. The molecule has 0 aliphatic carbocycles. The van der Waals surface area contributed by atoms with Crippen LogP contribution in [0.3, 0.4) is 0 Å². The van der Waals surface area contributed by atoms with Crippen LogP contribution in [0, 0.1) is 6.92 Å². The summed E-state index contributed by atoms with van der Waals surface area (Å²) in [5, 5.41) is 15.1. The lowest BCUT2D eigenvalue weighted by molar-refractivity contribution is 0.249. The molecule has 1 atom stereocenters. The van der Waals surface area contributed by atoms with E-state index < -0.39 is 0 Å². The van der Waals surface area contributed by atoms with Crippen molar-refractivity contribution in [1.29, 1.82) is 0 Å². The predicted molar refractivity (Wildman–Crippen MR) is 95.6 cm³/mol. The van der Waals surface area contributed by atoms with E-state index in [0.29, 0.717) is 23.7 Å². The maximum atomic E-state index is 12.0. The van der Waals surface area contributed by atoms with Crippen molar-refractivity contribution >= 4 is 22.3 Å². The molecule has 3 aromatic rings. The lowest BCUT2D eigenvalue weighted by Crippen LogP contribution is -2.23. The Hall–Kier alpha value is -2.11. The Bertz CT molecular complexity index is 930. The lowest BCUT2D eigenvalue weighted by atomic mass is 10.0. The van der Waals surface area contributed by atoms with Gasteiger partial charge in [0.1, 0.15) is 11.3 Å². The van der Waals surface area contributed by atoms with Crippen LogP contribution in [0.5, 0.6) is 5.75 Å². The van der Waals surface area contributed by atoms with E-state index >= 15 is 0 Å². The molecule has 4 rings (SSSR count). The summed E-state index contributed by atoms with van der Waals surface area (Å²) in [6.07, 6.45) is 2.32. The summed E-state index contributed by atoms with van der Waals surface area (Å²) in [5.74, 6) is 0.153. The predicted octanol–water partition coefficient (Wildman–Crippen LogP) is 4.21. The Morgan fingerprint density at radius 2 is 2.25 bits per heavy atom. The van der Waals surface area contributed by atoms with E-state index in [0.717, 1.165) is 23.9 Å². The normalized spacial score (nSPS) is 18.5. The van der Waals surface area contributed by atoms with Gasteiger partial charge in [-0.3, -0.25) is 4.90 Å². The van der Waals surface area contributed by atoms with Gasteiger partial charge in [-0.2, -0.15) is 11.3 Å². The van der Waals surface area contributed by atoms with E-state index in [9.17, 15) is 9.90 Å². The van der Waals surface area contributed by atoms with Crippen molar-refractivity contribution < 1.29 is 9.52 Å². The molecule has 0 radical (unpaired) electrons. The fraction of sp³-hybridized carbons (Fsp3) is 0.316. The average Bonchev–Trinajstić information content (AvgIpc) is 3.22. The molecule has 4 nitrogen and oxygen atoms in total. The van der Waals surface area contributed by atoms with Gasteiger partial charge in [0.25, 0.3) is 0 Å².